The molecule has 1 aromatic heterocycles. The monoisotopic (exact) mass is 354 g/mol. The third kappa shape index (κ3) is 3.67. The van der Waals surface area contributed by atoms with E-state index in [1.54, 1.807) is 24.3 Å². The minimum absolute atomic E-state index is 0.289. The van der Waals surface area contributed by atoms with E-state index in [-0.39, 0.29) is 5.56 Å². The lowest BCUT2D eigenvalue weighted by atomic mass is 10.1. The second-order valence-corrected chi connectivity index (χ2v) is 6.53. The van der Waals surface area contributed by atoms with Crippen LogP contribution >= 0.6 is 0 Å². The van der Waals surface area contributed by atoms with Crippen molar-refractivity contribution in [3.63, 3.8) is 0 Å². The van der Waals surface area contributed by atoms with Gasteiger partial charge in [-0.15, -0.1) is 0 Å². The molecule has 0 aliphatic carbocycles. The van der Waals surface area contributed by atoms with Crippen molar-refractivity contribution < 1.29 is 14.3 Å². The van der Waals surface area contributed by atoms with Crippen molar-refractivity contribution in [2.45, 2.75) is 6.92 Å². The first-order valence-electron chi connectivity index (χ1n) is 8.70. The van der Waals surface area contributed by atoms with Crippen molar-refractivity contribution in [3.8, 4) is 11.3 Å². The summed E-state index contributed by atoms with van der Waals surface area (Å²) in [6.07, 6.45) is 3.96. The van der Waals surface area contributed by atoms with Crippen LogP contribution in [0.1, 0.15) is 27.0 Å². The summed E-state index contributed by atoms with van der Waals surface area (Å²) >= 11 is 0. The van der Waals surface area contributed by atoms with Gasteiger partial charge in [0.1, 0.15) is 11.3 Å². The second-order valence-electron chi connectivity index (χ2n) is 6.53. The third-order valence-corrected chi connectivity index (χ3v) is 4.49. The molecule has 0 bridgehead atoms. The Bertz CT molecular complexity index is 1130. The van der Waals surface area contributed by atoms with E-state index in [1.165, 1.54) is 5.56 Å². The quantitative estimate of drug-likeness (QED) is 0.439. The molecule has 3 aromatic carbocycles. The molecule has 0 saturated heterocycles. The number of aryl methyl sites for hydroxylation is 1. The standard InChI is InChI=1S/C24H18O3/c1-16-2-13-22-21(14-16)15-23(27-22)19-9-5-17(6-10-19)3-4-18-7-11-20(12-8-18)24(25)26/h2-15H,1H3,(H,25,26)/b4-3+. The molecule has 0 atom stereocenters. The smallest absolute Gasteiger partial charge is 0.335 e. The van der Waals surface area contributed by atoms with Crippen LogP contribution in [0.5, 0.6) is 0 Å². The highest BCUT2D eigenvalue weighted by Gasteiger charge is 2.06. The molecule has 4 rings (SSSR count). The number of fused-ring (bicyclic) bond motifs is 1. The van der Waals surface area contributed by atoms with Crippen molar-refractivity contribution in [1.29, 1.82) is 0 Å². The Labute approximate surface area is 157 Å². The molecule has 1 N–H and O–H groups in total. The van der Waals surface area contributed by atoms with Gasteiger partial charge >= 0.3 is 5.97 Å². The molecular weight excluding hydrogens is 336 g/mol. The van der Waals surface area contributed by atoms with E-state index in [1.807, 2.05) is 48.6 Å². The maximum absolute atomic E-state index is 10.9. The number of hydrogen-bond donors (Lipinski definition) is 1. The predicted octanol–water partition coefficient (Wildman–Crippen LogP) is 6.28. The van der Waals surface area contributed by atoms with Gasteiger partial charge in [-0.25, -0.2) is 4.79 Å². The number of carbonyl (C=O) groups is 1. The lowest BCUT2D eigenvalue weighted by molar-refractivity contribution is 0.0697. The van der Waals surface area contributed by atoms with E-state index in [4.69, 9.17) is 9.52 Å². The van der Waals surface area contributed by atoms with Crippen molar-refractivity contribution in [1.82, 2.24) is 0 Å². The number of aromatic carboxylic acids is 1. The largest absolute Gasteiger partial charge is 0.478 e. The topological polar surface area (TPSA) is 50.4 Å². The first kappa shape index (κ1) is 16.9. The number of rotatable bonds is 4. The Morgan fingerprint density at radius 3 is 2.11 bits per heavy atom. The predicted molar refractivity (Wildman–Crippen MR) is 109 cm³/mol. The van der Waals surface area contributed by atoms with Crippen molar-refractivity contribution in [2.75, 3.05) is 0 Å². The summed E-state index contributed by atoms with van der Waals surface area (Å²) in [7, 11) is 0. The first-order valence-corrected chi connectivity index (χ1v) is 8.70. The number of carboxylic acids is 1. The molecular formula is C24H18O3. The highest BCUT2D eigenvalue weighted by Crippen LogP contribution is 2.28. The Morgan fingerprint density at radius 1 is 0.852 bits per heavy atom. The van der Waals surface area contributed by atoms with E-state index < -0.39 is 5.97 Å². The molecule has 0 saturated carbocycles. The summed E-state index contributed by atoms with van der Waals surface area (Å²) in [5.74, 6) is -0.0581. The fourth-order valence-corrected chi connectivity index (χ4v) is 2.99. The van der Waals surface area contributed by atoms with Crippen LogP contribution in [-0.4, -0.2) is 11.1 Å². The van der Waals surface area contributed by atoms with Crippen molar-refractivity contribution in [3.05, 3.63) is 95.1 Å². The normalized spacial score (nSPS) is 11.3. The molecule has 0 amide bonds. The summed E-state index contributed by atoms with van der Waals surface area (Å²) in [6.45, 7) is 2.07. The molecule has 4 aromatic rings. The van der Waals surface area contributed by atoms with Gasteiger partial charge in [-0.3, -0.25) is 0 Å². The number of hydrogen-bond acceptors (Lipinski definition) is 2. The van der Waals surface area contributed by atoms with Gasteiger partial charge in [0.05, 0.1) is 5.56 Å². The Kier molecular flexibility index (Phi) is 4.35. The summed E-state index contributed by atoms with van der Waals surface area (Å²) in [6, 6.07) is 23.2. The molecule has 0 fully saturated rings. The molecule has 0 aliphatic rings. The highest BCUT2D eigenvalue weighted by molar-refractivity contribution is 5.88. The van der Waals surface area contributed by atoms with E-state index in [0.717, 1.165) is 33.4 Å². The molecule has 27 heavy (non-hydrogen) atoms. The minimum atomic E-state index is -0.915. The third-order valence-electron chi connectivity index (χ3n) is 4.49. The Hall–Kier alpha value is -3.59. The first-order chi connectivity index (χ1) is 13.1. The van der Waals surface area contributed by atoms with Gasteiger partial charge in [0.25, 0.3) is 0 Å². The lowest BCUT2D eigenvalue weighted by Crippen LogP contribution is -1.94. The summed E-state index contributed by atoms with van der Waals surface area (Å²) in [4.78, 5) is 10.9. The van der Waals surface area contributed by atoms with E-state index in [9.17, 15) is 4.79 Å². The Morgan fingerprint density at radius 2 is 1.48 bits per heavy atom. The Balaban J connectivity index is 1.53. The zero-order valence-electron chi connectivity index (χ0n) is 14.8. The fourth-order valence-electron chi connectivity index (χ4n) is 2.99. The van der Waals surface area contributed by atoms with Crippen molar-refractivity contribution >= 4 is 29.1 Å². The van der Waals surface area contributed by atoms with Crippen LogP contribution in [0.15, 0.2) is 77.2 Å². The maximum atomic E-state index is 10.9. The number of benzene rings is 3. The van der Waals surface area contributed by atoms with Crippen LogP contribution in [0.3, 0.4) is 0 Å². The van der Waals surface area contributed by atoms with Crippen LogP contribution < -0.4 is 0 Å². The summed E-state index contributed by atoms with van der Waals surface area (Å²) in [5.41, 5.74) is 5.45. The van der Waals surface area contributed by atoms with Crippen LogP contribution in [0, 0.1) is 6.92 Å². The van der Waals surface area contributed by atoms with Crippen molar-refractivity contribution in [2.24, 2.45) is 0 Å². The molecule has 1 heterocycles. The minimum Gasteiger partial charge on any atom is -0.478 e. The maximum Gasteiger partial charge on any atom is 0.335 e. The van der Waals surface area contributed by atoms with Gasteiger partial charge in [-0.1, -0.05) is 60.2 Å². The van der Waals surface area contributed by atoms with E-state index >= 15 is 0 Å². The number of furan rings is 1. The lowest BCUT2D eigenvalue weighted by Gasteiger charge is -1.99. The molecule has 0 spiro atoms. The SMILES string of the molecule is Cc1ccc2oc(-c3ccc(/C=C/c4ccc(C(=O)O)cc4)cc3)cc2c1. The van der Waals surface area contributed by atoms with E-state index in [0.29, 0.717) is 0 Å². The van der Waals surface area contributed by atoms with Gasteiger partial charge < -0.3 is 9.52 Å². The second kappa shape index (κ2) is 6.96. The molecule has 0 unspecified atom stereocenters. The average Bonchev–Trinajstić information content (AvgIpc) is 3.10. The van der Waals surface area contributed by atoms with Gasteiger partial charge in [0, 0.05) is 10.9 Å². The van der Waals surface area contributed by atoms with Gasteiger partial charge in [-0.2, -0.15) is 0 Å². The zero-order valence-corrected chi connectivity index (χ0v) is 14.8. The van der Waals surface area contributed by atoms with Gasteiger partial charge in [0.15, 0.2) is 0 Å². The summed E-state index contributed by atoms with van der Waals surface area (Å²) in [5, 5.41) is 10.0. The zero-order chi connectivity index (χ0) is 18.8. The van der Waals surface area contributed by atoms with Gasteiger partial charge in [0.2, 0.25) is 0 Å². The highest BCUT2D eigenvalue weighted by atomic mass is 16.4. The van der Waals surface area contributed by atoms with E-state index in [2.05, 4.69) is 19.1 Å². The average molecular weight is 354 g/mol. The van der Waals surface area contributed by atoms with Crippen LogP contribution in [0.2, 0.25) is 0 Å². The molecule has 3 nitrogen and oxygen atoms in total. The molecule has 0 aliphatic heterocycles. The number of carboxylic acid groups (broad SMARTS) is 1. The fraction of sp³-hybridized carbons (Fsp3) is 0.0417. The van der Waals surface area contributed by atoms with Crippen LogP contribution in [-0.2, 0) is 0 Å². The van der Waals surface area contributed by atoms with Gasteiger partial charge in [-0.05, 0) is 48.4 Å². The van der Waals surface area contributed by atoms with Crippen LogP contribution in [0.25, 0.3) is 34.4 Å². The molecule has 3 heteroatoms. The van der Waals surface area contributed by atoms with Crippen LogP contribution in [0.4, 0.5) is 0 Å². The molecule has 0 radical (unpaired) electrons. The molecule has 132 valence electrons. The summed E-state index contributed by atoms with van der Waals surface area (Å²) < 4.78 is 5.94.